The lowest BCUT2D eigenvalue weighted by molar-refractivity contribution is 0.0531. The van der Waals surface area contributed by atoms with Crippen LogP contribution in [-0.4, -0.2) is 17.6 Å². The molecule has 3 rings (SSSR count). The molecule has 1 N–H and O–H groups in total. The Labute approximate surface area is 128 Å². The molecule has 0 saturated heterocycles. The highest BCUT2D eigenvalue weighted by atomic mass is 32.1. The lowest BCUT2D eigenvalue weighted by atomic mass is 10.1. The topological polar surface area (TPSA) is 51.2 Å². The zero-order valence-corrected chi connectivity index (χ0v) is 13.0. The second kappa shape index (κ2) is 5.85. The number of hydrogen-bond acceptors (Lipinski definition) is 5. The predicted octanol–water partition coefficient (Wildman–Crippen LogP) is 3.86. The molecular formula is C16H18N2O2S. The SMILES string of the molecule is CCOC(=O)c1sc(Nc2ccc3c(c2)CCC3)nc1C. The Morgan fingerprint density at radius 3 is 3.00 bits per heavy atom. The maximum atomic E-state index is 11.8. The van der Waals surface area contributed by atoms with Gasteiger partial charge in [-0.2, -0.15) is 0 Å². The number of hydrogen-bond donors (Lipinski definition) is 1. The third-order valence-corrected chi connectivity index (χ3v) is 4.66. The molecule has 1 heterocycles. The van der Waals surface area contributed by atoms with Crippen LogP contribution in [0, 0.1) is 6.92 Å². The molecule has 110 valence electrons. The summed E-state index contributed by atoms with van der Waals surface area (Å²) < 4.78 is 5.04. The standard InChI is InChI=1S/C16H18N2O2S/c1-3-20-15(19)14-10(2)17-16(21-14)18-13-8-7-11-5-4-6-12(11)9-13/h7-9H,3-6H2,1-2H3,(H,17,18). The molecule has 0 fully saturated rings. The number of benzene rings is 1. The number of anilines is 2. The molecule has 1 aromatic heterocycles. The molecule has 5 heteroatoms. The molecule has 1 aromatic carbocycles. The van der Waals surface area contributed by atoms with Gasteiger partial charge >= 0.3 is 5.97 Å². The average Bonchev–Trinajstić information content (AvgIpc) is 3.05. The van der Waals surface area contributed by atoms with E-state index in [1.807, 2.05) is 6.92 Å². The first-order chi connectivity index (χ1) is 10.2. The van der Waals surface area contributed by atoms with Crippen LogP contribution in [0.3, 0.4) is 0 Å². The van der Waals surface area contributed by atoms with Crippen molar-refractivity contribution >= 4 is 28.1 Å². The molecule has 4 nitrogen and oxygen atoms in total. The molecule has 1 aliphatic carbocycles. The van der Waals surface area contributed by atoms with Gasteiger partial charge in [0.2, 0.25) is 0 Å². The first-order valence-electron chi connectivity index (χ1n) is 7.20. The number of aryl methyl sites for hydroxylation is 3. The lowest BCUT2D eigenvalue weighted by Crippen LogP contribution is -2.03. The van der Waals surface area contributed by atoms with Gasteiger partial charge in [0.15, 0.2) is 5.13 Å². The fourth-order valence-corrected chi connectivity index (χ4v) is 3.49. The van der Waals surface area contributed by atoms with Crippen LogP contribution in [0.25, 0.3) is 0 Å². The molecule has 0 saturated carbocycles. The predicted molar refractivity (Wildman–Crippen MR) is 84.6 cm³/mol. The number of rotatable bonds is 4. The molecular weight excluding hydrogens is 284 g/mol. The van der Waals surface area contributed by atoms with Crippen molar-refractivity contribution in [2.24, 2.45) is 0 Å². The fourth-order valence-electron chi connectivity index (χ4n) is 2.61. The van der Waals surface area contributed by atoms with E-state index in [9.17, 15) is 4.79 Å². The number of aromatic nitrogens is 1. The number of nitrogens with zero attached hydrogens (tertiary/aromatic N) is 1. The Balaban J connectivity index is 1.79. The summed E-state index contributed by atoms with van der Waals surface area (Å²) in [6.07, 6.45) is 3.57. The number of carbonyl (C=O) groups excluding carboxylic acids is 1. The highest BCUT2D eigenvalue weighted by Crippen LogP contribution is 2.29. The van der Waals surface area contributed by atoms with Gasteiger partial charge in [-0.3, -0.25) is 0 Å². The van der Waals surface area contributed by atoms with Gasteiger partial charge in [-0.25, -0.2) is 9.78 Å². The van der Waals surface area contributed by atoms with Gasteiger partial charge in [-0.05, 0) is 56.4 Å². The van der Waals surface area contributed by atoms with Crippen LogP contribution in [0.1, 0.15) is 39.8 Å². The van der Waals surface area contributed by atoms with Crippen molar-refractivity contribution in [2.45, 2.75) is 33.1 Å². The summed E-state index contributed by atoms with van der Waals surface area (Å²) in [4.78, 5) is 16.8. The first kappa shape index (κ1) is 14.1. The Morgan fingerprint density at radius 2 is 2.19 bits per heavy atom. The number of fused-ring (bicyclic) bond motifs is 1. The van der Waals surface area contributed by atoms with E-state index in [1.54, 1.807) is 6.92 Å². The molecule has 21 heavy (non-hydrogen) atoms. The normalized spacial score (nSPS) is 13.0. The van der Waals surface area contributed by atoms with Crippen LogP contribution in [0.5, 0.6) is 0 Å². The van der Waals surface area contributed by atoms with E-state index in [1.165, 1.54) is 35.3 Å². The van der Waals surface area contributed by atoms with Crippen molar-refractivity contribution in [2.75, 3.05) is 11.9 Å². The van der Waals surface area contributed by atoms with Gasteiger partial charge in [-0.15, -0.1) is 0 Å². The van der Waals surface area contributed by atoms with E-state index in [2.05, 4.69) is 28.5 Å². The van der Waals surface area contributed by atoms with Crippen molar-refractivity contribution in [1.29, 1.82) is 0 Å². The summed E-state index contributed by atoms with van der Waals surface area (Å²) in [6.45, 7) is 4.01. The van der Waals surface area contributed by atoms with Gasteiger partial charge < -0.3 is 10.1 Å². The van der Waals surface area contributed by atoms with Gasteiger partial charge in [0.1, 0.15) is 4.88 Å². The summed E-state index contributed by atoms with van der Waals surface area (Å²) >= 11 is 1.34. The van der Waals surface area contributed by atoms with Crippen LogP contribution < -0.4 is 5.32 Å². The monoisotopic (exact) mass is 302 g/mol. The van der Waals surface area contributed by atoms with Crippen molar-refractivity contribution in [3.05, 3.63) is 39.9 Å². The van der Waals surface area contributed by atoms with Crippen LogP contribution in [0.4, 0.5) is 10.8 Å². The fraction of sp³-hybridized carbons (Fsp3) is 0.375. The number of esters is 1. The summed E-state index contributed by atoms with van der Waals surface area (Å²) in [5, 5.41) is 4.02. The lowest BCUT2D eigenvalue weighted by Gasteiger charge is -2.05. The Morgan fingerprint density at radius 1 is 1.38 bits per heavy atom. The highest BCUT2D eigenvalue weighted by Gasteiger charge is 2.17. The summed E-state index contributed by atoms with van der Waals surface area (Å²) in [5.41, 5.74) is 4.60. The van der Waals surface area contributed by atoms with Gasteiger partial charge in [0.25, 0.3) is 0 Å². The van der Waals surface area contributed by atoms with Crippen LogP contribution in [-0.2, 0) is 17.6 Å². The molecule has 0 aliphatic heterocycles. The molecule has 1 aliphatic rings. The minimum Gasteiger partial charge on any atom is -0.462 e. The Hall–Kier alpha value is -1.88. The van der Waals surface area contributed by atoms with Crippen LogP contribution in [0.2, 0.25) is 0 Å². The van der Waals surface area contributed by atoms with Crippen molar-refractivity contribution < 1.29 is 9.53 Å². The summed E-state index contributed by atoms with van der Waals surface area (Å²) in [7, 11) is 0. The largest absolute Gasteiger partial charge is 0.462 e. The van der Waals surface area contributed by atoms with E-state index in [-0.39, 0.29) is 5.97 Å². The van der Waals surface area contributed by atoms with E-state index in [4.69, 9.17) is 4.74 Å². The van der Waals surface area contributed by atoms with E-state index >= 15 is 0 Å². The summed E-state index contributed by atoms with van der Waals surface area (Å²) in [5.74, 6) is -0.297. The average molecular weight is 302 g/mol. The van der Waals surface area contributed by atoms with Crippen molar-refractivity contribution in [1.82, 2.24) is 4.98 Å². The molecule has 0 atom stereocenters. The van der Waals surface area contributed by atoms with Crippen LogP contribution >= 0.6 is 11.3 Å². The smallest absolute Gasteiger partial charge is 0.350 e. The van der Waals surface area contributed by atoms with Gasteiger partial charge in [0, 0.05) is 5.69 Å². The van der Waals surface area contributed by atoms with E-state index < -0.39 is 0 Å². The molecule has 0 radical (unpaired) electrons. The van der Waals surface area contributed by atoms with E-state index in [0.29, 0.717) is 17.2 Å². The maximum absolute atomic E-state index is 11.8. The quantitative estimate of drug-likeness (QED) is 0.871. The number of thiazole rings is 1. The third-order valence-electron chi connectivity index (χ3n) is 3.61. The van der Waals surface area contributed by atoms with E-state index in [0.717, 1.165) is 17.2 Å². The second-order valence-corrected chi connectivity index (χ2v) is 6.12. The maximum Gasteiger partial charge on any atom is 0.350 e. The zero-order chi connectivity index (χ0) is 14.8. The molecule has 0 amide bonds. The van der Waals surface area contributed by atoms with Gasteiger partial charge in [0.05, 0.1) is 12.3 Å². The Kier molecular flexibility index (Phi) is 3.92. The molecule has 0 bridgehead atoms. The number of nitrogens with one attached hydrogen (secondary N) is 1. The minimum atomic E-state index is -0.297. The first-order valence-corrected chi connectivity index (χ1v) is 8.02. The summed E-state index contributed by atoms with van der Waals surface area (Å²) in [6, 6.07) is 6.44. The highest BCUT2D eigenvalue weighted by molar-refractivity contribution is 7.17. The van der Waals surface area contributed by atoms with Crippen LogP contribution in [0.15, 0.2) is 18.2 Å². The number of carbonyl (C=O) groups is 1. The molecule has 0 unspecified atom stereocenters. The van der Waals surface area contributed by atoms with Gasteiger partial charge in [-0.1, -0.05) is 17.4 Å². The second-order valence-electron chi connectivity index (χ2n) is 5.12. The minimum absolute atomic E-state index is 0.297. The third kappa shape index (κ3) is 2.93. The van der Waals surface area contributed by atoms with Crippen molar-refractivity contribution in [3.8, 4) is 0 Å². The molecule has 0 spiro atoms. The van der Waals surface area contributed by atoms with Crippen molar-refractivity contribution in [3.63, 3.8) is 0 Å². The zero-order valence-electron chi connectivity index (χ0n) is 12.2. The molecule has 2 aromatic rings. The number of ether oxygens (including phenoxy) is 1. The Bertz CT molecular complexity index is 679.